The summed E-state index contributed by atoms with van der Waals surface area (Å²) in [4.78, 5) is 21.1. The molecule has 3 N–H and O–H groups in total. The molecule has 1 aliphatic carbocycles. The molecule has 0 bridgehead atoms. The van der Waals surface area contributed by atoms with E-state index >= 15 is 0 Å². The lowest BCUT2D eigenvalue weighted by atomic mass is 9.84. The lowest BCUT2D eigenvalue weighted by Crippen LogP contribution is -2.51. The van der Waals surface area contributed by atoms with Crippen molar-refractivity contribution in [2.75, 3.05) is 45.8 Å². The van der Waals surface area contributed by atoms with Gasteiger partial charge in [-0.05, 0) is 24.8 Å². The molecule has 1 saturated carbocycles. The summed E-state index contributed by atoms with van der Waals surface area (Å²) >= 11 is 0. The highest BCUT2D eigenvalue weighted by Gasteiger charge is 2.30. The molecular formula is C20H31N5O. The van der Waals surface area contributed by atoms with Crippen LogP contribution in [0.4, 0.5) is 0 Å². The number of nitrogens with zero attached hydrogens (tertiary/aromatic N) is 3. The van der Waals surface area contributed by atoms with E-state index in [1.165, 1.54) is 12.0 Å². The standard InChI is InChI=1S/C20H31N5O/c21-20(22-10-9-17-5-2-1-3-6-17)23-11-12-24-13-15-25(16-14-24)19(26)18-7-4-8-18/h1-3,5-6,18H,4,7-16H2,(H3,21,22,23). The summed E-state index contributed by atoms with van der Waals surface area (Å²) in [6, 6.07) is 10.4. The third-order valence-corrected chi connectivity index (χ3v) is 5.40. The van der Waals surface area contributed by atoms with Gasteiger partial charge in [0.2, 0.25) is 5.91 Å². The zero-order valence-corrected chi connectivity index (χ0v) is 15.6. The zero-order valence-electron chi connectivity index (χ0n) is 15.6. The molecule has 6 nitrogen and oxygen atoms in total. The second-order valence-corrected chi connectivity index (χ2v) is 7.22. The number of guanidine groups is 1. The molecule has 1 aliphatic heterocycles. The summed E-state index contributed by atoms with van der Waals surface area (Å²) in [6.07, 6.45) is 4.33. The molecule has 1 saturated heterocycles. The molecular weight excluding hydrogens is 326 g/mol. The van der Waals surface area contributed by atoms with Crippen LogP contribution in [0.15, 0.2) is 35.3 Å². The highest BCUT2D eigenvalue weighted by Crippen LogP contribution is 2.28. The molecule has 6 heteroatoms. The normalized spacial score (nSPS) is 19.2. The van der Waals surface area contributed by atoms with E-state index in [-0.39, 0.29) is 0 Å². The lowest BCUT2D eigenvalue weighted by molar-refractivity contribution is -0.139. The Morgan fingerprint density at radius 2 is 1.88 bits per heavy atom. The third-order valence-electron chi connectivity index (χ3n) is 5.40. The van der Waals surface area contributed by atoms with E-state index in [2.05, 4.69) is 27.3 Å². The van der Waals surface area contributed by atoms with Crippen LogP contribution >= 0.6 is 0 Å². The van der Waals surface area contributed by atoms with E-state index in [0.717, 1.165) is 58.5 Å². The maximum Gasteiger partial charge on any atom is 0.225 e. The van der Waals surface area contributed by atoms with Crippen molar-refractivity contribution in [3.05, 3.63) is 35.9 Å². The van der Waals surface area contributed by atoms with Crippen LogP contribution < -0.4 is 11.1 Å². The SMILES string of the molecule is NC(=NCCN1CCN(C(=O)C2CCC2)CC1)NCCc1ccccc1. The number of hydrogen-bond donors (Lipinski definition) is 2. The maximum atomic E-state index is 12.3. The highest BCUT2D eigenvalue weighted by molar-refractivity contribution is 5.79. The number of carbonyl (C=O) groups excluding carboxylic acids is 1. The quantitative estimate of drug-likeness (QED) is 0.566. The Morgan fingerprint density at radius 1 is 1.15 bits per heavy atom. The number of rotatable bonds is 7. The summed E-state index contributed by atoms with van der Waals surface area (Å²) < 4.78 is 0. The number of nitrogens with two attached hydrogens (primary N) is 1. The van der Waals surface area contributed by atoms with Crippen LogP contribution in [0.25, 0.3) is 0 Å². The van der Waals surface area contributed by atoms with Gasteiger partial charge in [0.1, 0.15) is 0 Å². The molecule has 142 valence electrons. The molecule has 1 amide bonds. The fourth-order valence-electron chi connectivity index (χ4n) is 3.45. The average molecular weight is 358 g/mol. The number of nitrogens with one attached hydrogen (secondary N) is 1. The van der Waals surface area contributed by atoms with Crippen molar-refractivity contribution in [1.82, 2.24) is 15.1 Å². The van der Waals surface area contributed by atoms with E-state index in [4.69, 9.17) is 5.73 Å². The van der Waals surface area contributed by atoms with Gasteiger partial charge < -0.3 is 16.0 Å². The van der Waals surface area contributed by atoms with Crippen LogP contribution in [-0.2, 0) is 11.2 Å². The Morgan fingerprint density at radius 3 is 2.54 bits per heavy atom. The van der Waals surface area contributed by atoms with Crippen molar-refractivity contribution >= 4 is 11.9 Å². The third kappa shape index (κ3) is 5.46. The number of benzene rings is 1. The Hall–Kier alpha value is -2.08. The number of carbonyl (C=O) groups is 1. The molecule has 0 unspecified atom stereocenters. The molecule has 26 heavy (non-hydrogen) atoms. The lowest BCUT2D eigenvalue weighted by Gasteiger charge is -2.38. The van der Waals surface area contributed by atoms with Gasteiger partial charge in [0.15, 0.2) is 5.96 Å². The summed E-state index contributed by atoms with van der Waals surface area (Å²) in [7, 11) is 0. The van der Waals surface area contributed by atoms with Crippen LogP contribution in [0.1, 0.15) is 24.8 Å². The van der Waals surface area contributed by atoms with E-state index in [9.17, 15) is 4.79 Å². The number of aliphatic imine (C=N–C) groups is 1. The van der Waals surface area contributed by atoms with E-state index in [1.807, 2.05) is 23.1 Å². The fourth-order valence-corrected chi connectivity index (χ4v) is 3.45. The molecule has 0 spiro atoms. The average Bonchev–Trinajstić information content (AvgIpc) is 2.62. The topological polar surface area (TPSA) is 74.0 Å². The molecule has 1 aromatic rings. The smallest absolute Gasteiger partial charge is 0.225 e. The van der Waals surface area contributed by atoms with E-state index < -0.39 is 0 Å². The minimum absolute atomic E-state index is 0.313. The Labute approximate surface area is 156 Å². The van der Waals surface area contributed by atoms with Gasteiger partial charge in [-0.1, -0.05) is 36.8 Å². The van der Waals surface area contributed by atoms with Crippen LogP contribution in [0, 0.1) is 5.92 Å². The summed E-state index contributed by atoms with van der Waals surface area (Å²) in [5.74, 6) is 1.20. The fraction of sp³-hybridized carbons (Fsp3) is 0.600. The van der Waals surface area contributed by atoms with Gasteiger partial charge in [-0.15, -0.1) is 0 Å². The Bertz CT molecular complexity index is 591. The van der Waals surface area contributed by atoms with Crippen molar-refractivity contribution in [1.29, 1.82) is 0 Å². The van der Waals surface area contributed by atoms with Crippen molar-refractivity contribution in [2.24, 2.45) is 16.6 Å². The molecule has 0 atom stereocenters. The molecule has 0 aromatic heterocycles. The Balaban J connectivity index is 1.28. The van der Waals surface area contributed by atoms with Crippen molar-refractivity contribution in [2.45, 2.75) is 25.7 Å². The predicted molar refractivity (Wildman–Crippen MR) is 105 cm³/mol. The minimum Gasteiger partial charge on any atom is -0.370 e. The molecule has 1 heterocycles. The molecule has 0 radical (unpaired) electrons. The van der Waals surface area contributed by atoms with Crippen molar-refractivity contribution < 1.29 is 4.79 Å². The zero-order chi connectivity index (χ0) is 18.2. The highest BCUT2D eigenvalue weighted by atomic mass is 16.2. The van der Waals surface area contributed by atoms with Gasteiger partial charge in [-0.25, -0.2) is 0 Å². The molecule has 1 aromatic carbocycles. The summed E-state index contributed by atoms with van der Waals surface area (Å²) in [5.41, 5.74) is 7.23. The van der Waals surface area contributed by atoms with E-state index in [0.29, 0.717) is 24.3 Å². The van der Waals surface area contributed by atoms with Crippen LogP contribution in [0.3, 0.4) is 0 Å². The maximum absolute atomic E-state index is 12.3. The Kier molecular flexibility index (Phi) is 6.89. The van der Waals surface area contributed by atoms with Gasteiger partial charge in [-0.2, -0.15) is 0 Å². The molecule has 2 fully saturated rings. The predicted octanol–water partition coefficient (Wildman–Crippen LogP) is 1.08. The first-order chi connectivity index (χ1) is 12.7. The number of piperazine rings is 1. The van der Waals surface area contributed by atoms with Crippen LogP contribution in [0.2, 0.25) is 0 Å². The van der Waals surface area contributed by atoms with Gasteiger partial charge in [0.05, 0.1) is 6.54 Å². The summed E-state index contributed by atoms with van der Waals surface area (Å²) in [5, 5.41) is 3.17. The second kappa shape index (κ2) is 9.57. The van der Waals surface area contributed by atoms with Gasteiger partial charge >= 0.3 is 0 Å². The van der Waals surface area contributed by atoms with Gasteiger partial charge in [-0.3, -0.25) is 14.7 Å². The monoisotopic (exact) mass is 357 g/mol. The number of hydrogen-bond acceptors (Lipinski definition) is 3. The summed E-state index contributed by atoms with van der Waals surface area (Å²) in [6.45, 7) is 5.97. The first kappa shape index (κ1) is 18.7. The minimum atomic E-state index is 0.313. The van der Waals surface area contributed by atoms with Crippen molar-refractivity contribution in [3.63, 3.8) is 0 Å². The van der Waals surface area contributed by atoms with Gasteiger partial charge in [0.25, 0.3) is 0 Å². The van der Waals surface area contributed by atoms with Gasteiger partial charge in [0, 0.05) is 45.2 Å². The largest absolute Gasteiger partial charge is 0.370 e. The second-order valence-electron chi connectivity index (χ2n) is 7.22. The first-order valence-corrected chi connectivity index (χ1v) is 9.81. The molecule has 3 rings (SSSR count). The van der Waals surface area contributed by atoms with Crippen LogP contribution in [0.5, 0.6) is 0 Å². The first-order valence-electron chi connectivity index (χ1n) is 9.81. The molecule has 2 aliphatic rings. The van der Waals surface area contributed by atoms with Crippen molar-refractivity contribution in [3.8, 4) is 0 Å². The van der Waals surface area contributed by atoms with E-state index in [1.54, 1.807) is 0 Å². The number of amides is 1. The van der Waals surface area contributed by atoms with Crippen LogP contribution in [-0.4, -0.2) is 67.5 Å².